The summed E-state index contributed by atoms with van der Waals surface area (Å²) in [7, 11) is 1.76. The second kappa shape index (κ2) is 7.93. The van der Waals surface area contributed by atoms with Crippen molar-refractivity contribution >= 4 is 40.6 Å². The van der Waals surface area contributed by atoms with Crippen LogP contribution in [0.1, 0.15) is 27.0 Å². The summed E-state index contributed by atoms with van der Waals surface area (Å²) in [6.07, 6.45) is 2.72. The van der Waals surface area contributed by atoms with E-state index in [0.29, 0.717) is 23.9 Å². The van der Waals surface area contributed by atoms with Gasteiger partial charge in [0.05, 0.1) is 6.42 Å². The van der Waals surface area contributed by atoms with Crippen molar-refractivity contribution < 1.29 is 9.59 Å². The Balaban J connectivity index is 1.42. The van der Waals surface area contributed by atoms with Crippen molar-refractivity contribution in [3.05, 3.63) is 64.8 Å². The SMILES string of the molecule is CN1C(=O)Cc2cc(Nc3nc(Nc4ccc5c(c4)CCNC5)ncc3C(N)=O)ccc21. The van der Waals surface area contributed by atoms with Crippen LogP contribution < -0.4 is 26.6 Å². The lowest BCUT2D eigenvalue weighted by Crippen LogP contribution is -2.23. The van der Waals surface area contributed by atoms with Crippen LogP contribution in [0.25, 0.3) is 0 Å². The van der Waals surface area contributed by atoms with E-state index >= 15 is 0 Å². The van der Waals surface area contributed by atoms with Gasteiger partial charge in [-0.05, 0) is 60.0 Å². The number of hydrogen-bond acceptors (Lipinski definition) is 7. The van der Waals surface area contributed by atoms with Crippen molar-refractivity contribution in [2.24, 2.45) is 5.73 Å². The van der Waals surface area contributed by atoms with Crippen LogP contribution in [0.15, 0.2) is 42.6 Å². The Kier molecular flexibility index (Phi) is 4.95. The third-order valence-electron chi connectivity index (χ3n) is 5.82. The zero-order chi connectivity index (χ0) is 22.2. The van der Waals surface area contributed by atoms with Crippen LogP contribution in [0.3, 0.4) is 0 Å². The van der Waals surface area contributed by atoms with E-state index in [1.54, 1.807) is 11.9 Å². The molecule has 32 heavy (non-hydrogen) atoms. The largest absolute Gasteiger partial charge is 0.365 e. The number of fused-ring (bicyclic) bond motifs is 2. The quantitative estimate of drug-likeness (QED) is 0.490. The molecule has 2 aliphatic heterocycles. The van der Waals surface area contributed by atoms with E-state index in [2.05, 4.69) is 38.1 Å². The van der Waals surface area contributed by atoms with E-state index in [1.165, 1.54) is 17.3 Å². The van der Waals surface area contributed by atoms with Gasteiger partial charge in [0.25, 0.3) is 5.91 Å². The summed E-state index contributed by atoms with van der Waals surface area (Å²) in [5, 5.41) is 9.73. The summed E-state index contributed by atoms with van der Waals surface area (Å²) < 4.78 is 0. The highest BCUT2D eigenvalue weighted by Gasteiger charge is 2.24. The lowest BCUT2D eigenvalue weighted by atomic mass is 10.0. The molecule has 0 radical (unpaired) electrons. The average Bonchev–Trinajstić information content (AvgIpc) is 3.06. The molecule has 0 fully saturated rings. The van der Waals surface area contributed by atoms with Crippen LogP contribution in [-0.4, -0.2) is 35.4 Å². The van der Waals surface area contributed by atoms with E-state index in [4.69, 9.17) is 5.73 Å². The van der Waals surface area contributed by atoms with Crippen molar-refractivity contribution in [1.29, 1.82) is 0 Å². The van der Waals surface area contributed by atoms with Crippen molar-refractivity contribution in [3.8, 4) is 0 Å². The predicted octanol–water partition coefficient (Wildman–Crippen LogP) is 2.23. The molecular weight excluding hydrogens is 406 g/mol. The maximum absolute atomic E-state index is 12.0. The Morgan fingerprint density at radius 1 is 1.09 bits per heavy atom. The lowest BCUT2D eigenvalue weighted by molar-refractivity contribution is -0.117. The molecule has 0 saturated heterocycles. The Bertz CT molecular complexity index is 1240. The van der Waals surface area contributed by atoms with Gasteiger partial charge in [-0.25, -0.2) is 4.98 Å². The maximum Gasteiger partial charge on any atom is 0.254 e. The van der Waals surface area contributed by atoms with Gasteiger partial charge < -0.3 is 26.6 Å². The van der Waals surface area contributed by atoms with Crippen molar-refractivity contribution in [2.45, 2.75) is 19.4 Å². The third-order valence-corrected chi connectivity index (χ3v) is 5.82. The van der Waals surface area contributed by atoms with Gasteiger partial charge in [-0.3, -0.25) is 9.59 Å². The fraction of sp³-hybridized carbons (Fsp3) is 0.217. The van der Waals surface area contributed by atoms with Crippen LogP contribution in [0, 0.1) is 0 Å². The Labute approximate surface area is 185 Å². The molecule has 0 bridgehead atoms. The van der Waals surface area contributed by atoms with Gasteiger partial charge in [0.1, 0.15) is 11.4 Å². The van der Waals surface area contributed by atoms with Crippen molar-refractivity contribution in [2.75, 3.05) is 29.1 Å². The number of rotatable bonds is 5. The molecule has 162 valence electrons. The molecule has 9 heteroatoms. The summed E-state index contributed by atoms with van der Waals surface area (Å²) in [5.41, 5.74) is 11.7. The normalized spacial score (nSPS) is 14.7. The number of nitrogens with zero attached hydrogens (tertiary/aromatic N) is 3. The number of carbonyl (C=O) groups excluding carboxylic acids is 2. The van der Waals surface area contributed by atoms with E-state index < -0.39 is 5.91 Å². The maximum atomic E-state index is 12.0. The molecule has 5 rings (SSSR count). The summed E-state index contributed by atoms with van der Waals surface area (Å²) in [6.45, 7) is 1.83. The molecule has 3 aromatic rings. The summed E-state index contributed by atoms with van der Waals surface area (Å²) in [4.78, 5) is 34.3. The summed E-state index contributed by atoms with van der Waals surface area (Å²) in [5.74, 6) is 0.0676. The first kappa shape index (κ1) is 20.0. The van der Waals surface area contributed by atoms with Crippen LogP contribution in [-0.2, 0) is 24.2 Å². The number of hydrogen-bond donors (Lipinski definition) is 4. The van der Waals surface area contributed by atoms with Gasteiger partial charge in [0, 0.05) is 36.9 Å². The van der Waals surface area contributed by atoms with E-state index in [1.807, 2.05) is 24.3 Å². The summed E-state index contributed by atoms with van der Waals surface area (Å²) >= 11 is 0. The zero-order valence-electron chi connectivity index (χ0n) is 17.6. The standard InChI is InChI=1S/C23H23N7O2/c1-30-19-5-4-16(9-15(19)10-20(30)31)27-22-18(21(24)32)12-26-23(29-22)28-17-3-2-14-11-25-7-6-13(14)8-17/h2-5,8-9,12,25H,6-7,10-11H2,1H3,(H2,24,32)(H2,26,27,28,29). The Morgan fingerprint density at radius 3 is 2.72 bits per heavy atom. The van der Waals surface area contributed by atoms with E-state index in [9.17, 15) is 9.59 Å². The molecule has 0 atom stereocenters. The molecule has 5 N–H and O–H groups in total. The molecule has 3 heterocycles. The van der Waals surface area contributed by atoms with Crippen LogP contribution in [0.4, 0.5) is 28.8 Å². The lowest BCUT2D eigenvalue weighted by Gasteiger charge is -2.18. The first-order chi connectivity index (χ1) is 15.5. The average molecular weight is 429 g/mol. The molecule has 2 amide bonds. The molecular formula is C23H23N7O2. The van der Waals surface area contributed by atoms with Gasteiger partial charge in [0.2, 0.25) is 11.9 Å². The topological polar surface area (TPSA) is 125 Å². The molecule has 2 aliphatic rings. The number of amides is 2. The van der Waals surface area contributed by atoms with Crippen LogP contribution >= 0.6 is 0 Å². The minimum atomic E-state index is -0.628. The minimum absolute atomic E-state index is 0.0457. The van der Waals surface area contributed by atoms with Crippen molar-refractivity contribution in [1.82, 2.24) is 15.3 Å². The first-order valence-electron chi connectivity index (χ1n) is 10.4. The molecule has 1 aromatic heterocycles. The molecule has 2 aromatic carbocycles. The number of primary amides is 1. The molecule has 0 saturated carbocycles. The fourth-order valence-corrected chi connectivity index (χ4v) is 4.09. The predicted molar refractivity (Wildman–Crippen MR) is 123 cm³/mol. The Morgan fingerprint density at radius 2 is 1.88 bits per heavy atom. The van der Waals surface area contributed by atoms with Gasteiger partial charge >= 0.3 is 0 Å². The summed E-state index contributed by atoms with van der Waals surface area (Å²) in [6, 6.07) is 11.8. The minimum Gasteiger partial charge on any atom is -0.365 e. The number of aromatic nitrogens is 2. The number of benzene rings is 2. The highest BCUT2D eigenvalue weighted by molar-refractivity contribution is 6.02. The number of anilines is 5. The van der Waals surface area contributed by atoms with Gasteiger partial charge in [-0.1, -0.05) is 6.07 Å². The van der Waals surface area contributed by atoms with Crippen molar-refractivity contribution in [3.63, 3.8) is 0 Å². The van der Waals surface area contributed by atoms with E-state index in [0.717, 1.165) is 36.4 Å². The van der Waals surface area contributed by atoms with E-state index in [-0.39, 0.29) is 11.5 Å². The second-order valence-corrected chi connectivity index (χ2v) is 7.95. The first-order valence-corrected chi connectivity index (χ1v) is 10.4. The number of nitrogens with one attached hydrogen (secondary N) is 3. The smallest absolute Gasteiger partial charge is 0.254 e. The highest BCUT2D eigenvalue weighted by atomic mass is 16.2. The molecule has 9 nitrogen and oxygen atoms in total. The van der Waals surface area contributed by atoms with Crippen LogP contribution in [0.2, 0.25) is 0 Å². The monoisotopic (exact) mass is 429 g/mol. The van der Waals surface area contributed by atoms with Crippen LogP contribution in [0.5, 0.6) is 0 Å². The van der Waals surface area contributed by atoms with Gasteiger partial charge in [-0.2, -0.15) is 4.98 Å². The third kappa shape index (κ3) is 3.74. The number of nitrogens with two attached hydrogens (primary N) is 1. The zero-order valence-corrected chi connectivity index (χ0v) is 17.6. The Hall–Kier alpha value is -3.98. The molecule has 0 unspecified atom stereocenters. The van der Waals surface area contributed by atoms with Gasteiger partial charge in [0.15, 0.2) is 0 Å². The number of likely N-dealkylation sites (N-methyl/N-ethyl adjacent to an activating group) is 1. The highest BCUT2D eigenvalue weighted by Crippen LogP contribution is 2.31. The molecule has 0 spiro atoms. The fourth-order valence-electron chi connectivity index (χ4n) is 4.09. The number of carbonyl (C=O) groups is 2. The van der Waals surface area contributed by atoms with Gasteiger partial charge in [-0.15, -0.1) is 0 Å². The second-order valence-electron chi connectivity index (χ2n) is 7.95. The molecule has 0 aliphatic carbocycles.